The van der Waals surface area contributed by atoms with Gasteiger partial charge in [-0.1, -0.05) is 18.2 Å². The van der Waals surface area contributed by atoms with E-state index < -0.39 is 0 Å². The van der Waals surface area contributed by atoms with E-state index in [4.69, 9.17) is 0 Å². The highest BCUT2D eigenvalue weighted by Gasteiger charge is 1.94. The molecule has 0 N–H and O–H groups in total. The van der Waals surface area contributed by atoms with Gasteiger partial charge in [0.15, 0.2) is 0 Å². The zero-order valence-electron chi connectivity index (χ0n) is 6.92. The molecule has 0 saturated carbocycles. The highest BCUT2D eigenvalue weighted by atomic mass is 127. The van der Waals surface area contributed by atoms with Crippen molar-refractivity contribution in [3.63, 3.8) is 0 Å². The molecule has 0 saturated heterocycles. The Hall–Kier alpha value is -0.640. The van der Waals surface area contributed by atoms with Gasteiger partial charge < -0.3 is 0 Å². The van der Waals surface area contributed by atoms with Crippen molar-refractivity contribution in [2.75, 3.05) is 0 Å². The Kier molecular flexibility index (Phi) is 3.47. The van der Waals surface area contributed by atoms with Crippen LogP contribution in [0.2, 0.25) is 0 Å². The molecule has 0 amide bonds. The van der Waals surface area contributed by atoms with Crippen molar-refractivity contribution in [2.45, 2.75) is 6.92 Å². The van der Waals surface area contributed by atoms with Crippen LogP contribution < -0.4 is 0 Å². The van der Waals surface area contributed by atoms with Crippen LogP contribution in [0.25, 0.3) is 6.08 Å². The molecule has 0 aliphatic carbocycles. The zero-order chi connectivity index (χ0) is 8.97. The van der Waals surface area contributed by atoms with Crippen LogP contribution in [0.1, 0.15) is 12.5 Å². The molecule has 0 aliphatic heterocycles. The first-order chi connectivity index (χ1) is 5.74. The Bertz CT molecular complexity index is 311. The van der Waals surface area contributed by atoms with Gasteiger partial charge in [0, 0.05) is 5.56 Å². The summed E-state index contributed by atoms with van der Waals surface area (Å²) in [7, 11) is 0. The Balaban J connectivity index is 3.14. The van der Waals surface area contributed by atoms with E-state index in [9.17, 15) is 0 Å². The molecule has 0 heterocycles. The van der Waals surface area contributed by atoms with Gasteiger partial charge in [0.1, 0.15) is 0 Å². The van der Waals surface area contributed by atoms with Crippen molar-refractivity contribution >= 4 is 41.1 Å². The number of nitrogens with zero attached hydrogens (tertiary/aromatic N) is 1. The first-order valence-electron chi connectivity index (χ1n) is 3.63. The van der Waals surface area contributed by atoms with Gasteiger partial charge in [-0.3, -0.25) is 4.99 Å². The summed E-state index contributed by atoms with van der Waals surface area (Å²) in [5.74, 6) is 0. The van der Waals surface area contributed by atoms with Gasteiger partial charge >= 0.3 is 0 Å². The monoisotopic (exact) mass is 271 g/mol. The lowest BCUT2D eigenvalue weighted by molar-refractivity contribution is 1.52. The van der Waals surface area contributed by atoms with Crippen molar-refractivity contribution in [3.05, 3.63) is 33.4 Å². The predicted molar refractivity (Wildman–Crippen MR) is 63.3 cm³/mol. The van der Waals surface area contributed by atoms with Crippen LogP contribution in [0.5, 0.6) is 0 Å². The van der Waals surface area contributed by atoms with Crippen LogP contribution in [0.15, 0.2) is 32.8 Å². The van der Waals surface area contributed by atoms with Gasteiger partial charge in [-0.15, -0.1) is 0 Å². The Morgan fingerprint density at radius 1 is 1.50 bits per heavy atom. The van der Waals surface area contributed by atoms with Crippen LogP contribution >= 0.6 is 22.6 Å². The molecule has 0 atom stereocenters. The lowest BCUT2D eigenvalue weighted by Gasteiger charge is -1.98. The number of hydrogen-bond acceptors (Lipinski definition) is 1. The van der Waals surface area contributed by atoms with Crippen molar-refractivity contribution in [3.8, 4) is 0 Å². The van der Waals surface area contributed by atoms with Crippen LogP contribution in [0.3, 0.4) is 0 Å². The van der Waals surface area contributed by atoms with Crippen molar-refractivity contribution in [1.82, 2.24) is 0 Å². The number of allylic oxidation sites excluding steroid dienone is 1. The summed E-state index contributed by atoms with van der Waals surface area (Å²) in [5, 5.41) is 0. The maximum atomic E-state index is 3.93. The predicted octanol–water partition coefficient (Wildman–Crippen LogP) is 3.81. The Morgan fingerprint density at radius 2 is 2.17 bits per heavy atom. The first kappa shape index (κ1) is 9.45. The molecule has 0 spiro atoms. The number of rotatable bonds is 2. The van der Waals surface area contributed by atoms with E-state index in [0.29, 0.717) is 0 Å². The highest BCUT2D eigenvalue weighted by Crippen LogP contribution is 2.22. The van der Waals surface area contributed by atoms with Gasteiger partial charge in [-0.05, 0) is 52.0 Å². The molecule has 0 fully saturated rings. The summed E-state index contributed by atoms with van der Waals surface area (Å²) in [6, 6.07) is 7.95. The second kappa shape index (κ2) is 4.40. The third-order valence-electron chi connectivity index (χ3n) is 1.46. The van der Waals surface area contributed by atoms with Crippen LogP contribution in [0, 0.1) is 0 Å². The van der Waals surface area contributed by atoms with Gasteiger partial charge in [0.25, 0.3) is 0 Å². The minimum atomic E-state index is 0.938. The van der Waals surface area contributed by atoms with Crippen molar-refractivity contribution in [1.29, 1.82) is 0 Å². The Labute approximate surface area is 86.4 Å². The van der Waals surface area contributed by atoms with Crippen molar-refractivity contribution in [2.24, 2.45) is 4.99 Å². The number of halogens is 1. The largest absolute Gasteiger partial charge is 0.264 e. The molecule has 2 heteroatoms. The zero-order valence-corrected chi connectivity index (χ0v) is 9.08. The summed E-state index contributed by atoms with van der Waals surface area (Å²) >= 11 is 2.28. The molecular weight excluding hydrogens is 261 g/mol. The fourth-order valence-electron chi connectivity index (χ4n) is 0.968. The topological polar surface area (TPSA) is 12.4 Å². The maximum absolute atomic E-state index is 3.93. The third kappa shape index (κ3) is 2.44. The Morgan fingerprint density at radius 3 is 2.75 bits per heavy atom. The lowest BCUT2D eigenvalue weighted by Crippen LogP contribution is -1.72. The quantitative estimate of drug-likeness (QED) is 0.573. The first-order valence-corrected chi connectivity index (χ1v) is 4.71. The van der Waals surface area contributed by atoms with Crippen LogP contribution in [-0.4, -0.2) is 6.72 Å². The fraction of sp³-hybridized carbons (Fsp3) is 0.100. The SMILES string of the molecule is C=Nc1ccccc1/C=C(\C)I. The van der Waals surface area contributed by atoms with Gasteiger partial charge in [-0.25, -0.2) is 0 Å². The standard InChI is InChI=1S/C10H10IN/c1-8(11)7-9-5-3-4-6-10(9)12-2/h3-7H,2H2,1H3/b8-7+. The molecule has 0 aromatic heterocycles. The van der Waals surface area contributed by atoms with Crippen LogP contribution in [0.4, 0.5) is 5.69 Å². The molecule has 1 nitrogen and oxygen atoms in total. The number of aliphatic imine (C=N–C) groups is 1. The summed E-state index contributed by atoms with van der Waals surface area (Å²) in [4.78, 5) is 3.93. The van der Waals surface area contributed by atoms with E-state index in [1.165, 1.54) is 3.58 Å². The number of hydrogen-bond donors (Lipinski definition) is 0. The summed E-state index contributed by atoms with van der Waals surface area (Å²) in [6.45, 7) is 5.57. The fourth-order valence-corrected chi connectivity index (χ4v) is 1.30. The number of para-hydroxylation sites is 1. The average Bonchev–Trinajstić information content (AvgIpc) is 2.04. The summed E-state index contributed by atoms with van der Waals surface area (Å²) in [5.41, 5.74) is 2.06. The van der Waals surface area contributed by atoms with Gasteiger partial charge in [0.2, 0.25) is 0 Å². The summed E-state index contributed by atoms with van der Waals surface area (Å²) in [6.07, 6.45) is 2.09. The lowest BCUT2D eigenvalue weighted by atomic mass is 10.2. The molecule has 12 heavy (non-hydrogen) atoms. The second-order valence-corrected chi connectivity index (χ2v) is 4.15. The van der Waals surface area contributed by atoms with E-state index in [1.807, 2.05) is 24.3 Å². The molecular formula is C10H10IN. The molecule has 62 valence electrons. The average molecular weight is 271 g/mol. The van der Waals surface area contributed by atoms with Crippen LogP contribution in [-0.2, 0) is 0 Å². The van der Waals surface area contributed by atoms with Gasteiger partial charge in [0.05, 0.1) is 5.69 Å². The van der Waals surface area contributed by atoms with E-state index in [2.05, 4.69) is 47.3 Å². The third-order valence-corrected chi connectivity index (χ3v) is 1.77. The number of benzene rings is 1. The minimum absolute atomic E-state index is 0.938. The molecule has 1 aromatic carbocycles. The molecule has 0 aliphatic rings. The van der Waals surface area contributed by atoms with E-state index in [1.54, 1.807) is 0 Å². The molecule has 0 unspecified atom stereocenters. The summed E-state index contributed by atoms with van der Waals surface area (Å²) < 4.78 is 1.24. The highest BCUT2D eigenvalue weighted by molar-refractivity contribution is 14.1. The molecule has 0 bridgehead atoms. The maximum Gasteiger partial charge on any atom is 0.0694 e. The van der Waals surface area contributed by atoms with Crippen molar-refractivity contribution < 1.29 is 0 Å². The molecule has 1 rings (SSSR count). The smallest absolute Gasteiger partial charge is 0.0694 e. The molecule has 0 radical (unpaired) electrons. The van der Waals surface area contributed by atoms with Gasteiger partial charge in [-0.2, -0.15) is 0 Å². The normalized spacial score (nSPS) is 11.3. The van der Waals surface area contributed by atoms with E-state index >= 15 is 0 Å². The van der Waals surface area contributed by atoms with E-state index in [-0.39, 0.29) is 0 Å². The minimum Gasteiger partial charge on any atom is -0.264 e. The molecule has 1 aromatic rings. The second-order valence-electron chi connectivity index (χ2n) is 2.45. The van der Waals surface area contributed by atoms with E-state index in [0.717, 1.165) is 11.3 Å².